The maximum atomic E-state index is 5.49. The summed E-state index contributed by atoms with van der Waals surface area (Å²) in [5, 5.41) is 4.39. The number of para-hydroxylation sites is 1. The van der Waals surface area contributed by atoms with E-state index in [2.05, 4.69) is 53.3 Å². The Labute approximate surface area is 163 Å². The number of ether oxygens (including phenoxy) is 1. The molecular weight excluding hydrogens is 336 g/mol. The Morgan fingerprint density at radius 3 is 2.93 bits per heavy atom. The summed E-state index contributed by atoms with van der Waals surface area (Å²) in [5.74, 6) is 1.76. The molecule has 148 valence electrons. The Morgan fingerprint density at radius 1 is 1.30 bits per heavy atom. The first-order valence-electron chi connectivity index (χ1n) is 10.2. The molecule has 5 heteroatoms. The van der Waals surface area contributed by atoms with E-state index in [0.717, 1.165) is 44.3 Å². The van der Waals surface area contributed by atoms with Crippen molar-refractivity contribution < 1.29 is 4.74 Å². The van der Waals surface area contributed by atoms with Crippen LogP contribution in [0.3, 0.4) is 0 Å². The van der Waals surface area contributed by atoms with Gasteiger partial charge in [0.15, 0.2) is 0 Å². The molecule has 1 aliphatic heterocycles. The molecule has 0 N–H and O–H groups in total. The number of aryl methyl sites for hydroxylation is 1. The fourth-order valence-electron chi connectivity index (χ4n) is 4.17. The number of hydrogen-bond donors (Lipinski definition) is 0. The van der Waals surface area contributed by atoms with E-state index in [9.17, 15) is 0 Å². The van der Waals surface area contributed by atoms with Gasteiger partial charge in [-0.05, 0) is 57.3 Å². The van der Waals surface area contributed by atoms with Crippen molar-refractivity contribution in [1.82, 2.24) is 19.6 Å². The van der Waals surface area contributed by atoms with Crippen molar-refractivity contribution in [2.24, 2.45) is 5.92 Å². The van der Waals surface area contributed by atoms with Crippen molar-refractivity contribution in [3.8, 4) is 5.75 Å². The topological polar surface area (TPSA) is 33.5 Å². The third-order valence-corrected chi connectivity index (χ3v) is 5.53. The fourth-order valence-corrected chi connectivity index (χ4v) is 4.17. The highest BCUT2D eigenvalue weighted by atomic mass is 16.5. The van der Waals surface area contributed by atoms with Crippen molar-refractivity contribution in [3.05, 3.63) is 47.8 Å². The summed E-state index contributed by atoms with van der Waals surface area (Å²) in [6.07, 6.45) is 7.86. The smallest absolute Gasteiger partial charge is 0.122 e. The fraction of sp³-hybridized carbons (Fsp3) is 0.591. The summed E-state index contributed by atoms with van der Waals surface area (Å²) < 4.78 is 7.50. The molecule has 0 radical (unpaired) electrons. The van der Waals surface area contributed by atoms with Crippen LogP contribution in [0.25, 0.3) is 0 Å². The number of rotatable bonds is 9. The van der Waals surface area contributed by atoms with Crippen LogP contribution in [0.4, 0.5) is 0 Å². The van der Waals surface area contributed by atoms with Crippen LogP contribution >= 0.6 is 0 Å². The number of methoxy groups -OCH3 is 1. The van der Waals surface area contributed by atoms with Crippen molar-refractivity contribution in [2.75, 3.05) is 40.3 Å². The number of piperidine rings is 1. The zero-order chi connectivity index (χ0) is 19.1. The predicted octanol–water partition coefficient (Wildman–Crippen LogP) is 3.30. The Balaban J connectivity index is 1.45. The molecule has 1 saturated heterocycles. The highest BCUT2D eigenvalue weighted by Crippen LogP contribution is 2.21. The Hall–Kier alpha value is -1.85. The van der Waals surface area contributed by atoms with Crippen molar-refractivity contribution in [2.45, 2.75) is 39.3 Å². The van der Waals surface area contributed by atoms with Crippen LogP contribution in [0.5, 0.6) is 5.75 Å². The molecule has 27 heavy (non-hydrogen) atoms. The van der Waals surface area contributed by atoms with Gasteiger partial charge in [0.2, 0.25) is 0 Å². The average molecular weight is 371 g/mol. The quantitative estimate of drug-likeness (QED) is 0.678. The largest absolute Gasteiger partial charge is 0.496 e. The second-order valence-corrected chi connectivity index (χ2v) is 7.77. The normalized spacial score (nSPS) is 18.1. The number of hydrogen-bond acceptors (Lipinski definition) is 4. The molecular formula is C22H34N4O. The molecule has 1 aromatic carbocycles. The maximum absolute atomic E-state index is 5.49. The van der Waals surface area contributed by atoms with Crippen molar-refractivity contribution >= 4 is 0 Å². The van der Waals surface area contributed by atoms with Crippen molar-refractivity contribution in [3.63, 3.8) is 0 Å². The molecule has 1 aliphatic rings. The van der Waals surface area contributed by atoms with Crippen LogP contribution in [-0.4, -0.2) is 59.9 Å². The zero-order valence-electron chi connectivity index (χ0n) is 17.1. The first kappa shape index (κ1) is 19.9. The van der Waals surface area contributed by atoms with Gasteiger partial charge in [0.25, 0.3) is 0 Å². The molecule has 1 atom stereocenters. The maximum Gasteiger partial charge on any atom is 0.122 e. The van der Waals surface area contributed by atoms with Crippen LogP contribution < -0.4 is 4.74 Å². The van der Waals surface area contributed by atoms with E-state index < -0.39 is 0 Å². The second kappa shape index (κ2) is 9.90. The minimum Gasteiger partial charge on any atom is -0.496 e. The van der Waals surface area contributed by atoms with Gasteiger partial charge in [-0.3, -0.25) is 4.68 Å². The summed E-state index contributed by atoms with van der Waals surface area (Å²) in [5.41, 5.74) is 2.62. The third kappa shape index (κ3) is 5.81. The van der Waals surface area contributed by atoms with Gasteiger partial charge >= 0.3 is 0 Å². The lowest BCUT2D eigenvalue weighted by atomic mass is 9.97. The van der Waals surface area contributed by atoms with Gasteiger partial charge in [0, 0.05) is 44.5 Å². The van der Waals surface area contributed by atoms with Crippen LogP contribution in [0.1, 0.15) is 30.9 Å². The summed E-state index contributed by atoms with van der Waals surface area (Å²) in [6, 6.07) is 8.39. The van der Waals surface area contributed by atoms with Crippen LogP contribution in [-0.2, 0) is 19.5 Å². The molecule has 2 aromatic rings. The molecule has 0 spiro atoms. The Bertz CT molecular complexity index is 699. The van der Waals surface area contributed by atoms with Crippen LogP contribution in [0.15, 0.2) is 36.7 Å². The standard InChI is InChI=1S/C22H34N4O/c1-4-26-18-20(14-23-26)16-24(2)15-19-8-7-12-25(17-19)13-11-21-9-5-6-10-22(21)27-3/h5-6,9-10,14,18-19H,4,7-8,11-13,15-17H2,1-3H3. The van der Waals surface area contributed by atoms with Gasteiger partial charge in [-0.2, -0.15) is 5.10 Å². The molecule has 0 aliphatic carbocycles. The van der Waals surface area contributed by atoms with Gasteiger partial charge in [-0.15, -0.1) is 0 Å². The van der Waals surface area contributed by atoms with E-state index in [1.807, 2.05) is 16.9 Å². The first-order valence-corrected chi connectivity index (χ1v) is 10.2. The van der Waals surface area contributed by atoms with E-state index >= 15 is 0 Å². The Kier molecular flexibility index (Phi) is 7.30. The van der Waals surface area contributed by atoms with Crippen molar-refractivity contribution in [1.29, 1.82) is 0 Å². The molecule has 1 aromatic heterocycles. The number of nitrogens with zero attached hydrogens (tertiary/aromatic N) is 4. The van der Waals surface area contributed by atoms with Gasteiger partial charge < -0.3 is 14.5 Å². The summed E-state index contributed by atoms with van der Waals surface area (Å²) >= 11 is 0. The lowest BCUT2D eigenvalue weighted by Gasteiger charge is -2.34. The molecule has 2 heterocycles. The summed E-state index contributed by atoms with van der Waals surface area (Å²) in [7, 11) is 3.99. The number of benzene rings is 1. The van der Waals surface area contributed by atoms with Gasteiger partial charge in [0.1, 0.15) is 5.75 Å². The molecule has 5 nitrogen and oxygen atoms in total. The van der Waals surface area contributed by atoms with Gasteiger partial charge in [-0.1, -0.05) is 18.2 Å². The minimum atomic E-state index is 0.752. The molecule has 0 saturated carbocycles. The van der Waals surface area contributed by atoms with Crippen LogP contribution in [0.2, 0.25) is 0 Å². The lowest BCUT2D eigenvalue weighted by Crippen LogP contribution is -2.40. The highest BCUT2D eigenvalue weighted by molar-refractivity contribution is 5.33. The molecule has 0 amide bonds. The van der Waals surface area contributed by atoms with Gasteiger partial charge in [0.05, 0.1) is 13.3 Å². The monoisotopic (exact) mass is 370 g/mol. The van der Waals surface area contributed by atoms with E-state index in [1.54, 1.807) is 7.11 Å². The minimum absolute atomic E-state index is 0.752. The predicted molar refractivity (Wildman–Crippen MR) is 110 cm³/mol. The third-order valence-electron chi connectivity index (χ3n) is 5.53. The zero-order valence-corrected chi connectivity index (χ0v) is 17.1. The van der Waals surface area contributed by atoms with Gasteiger partial charge in [-0.25, -0.2) is 0 Å². The highest BCUT2D eigenvalue weighted by Gasteiger charge is 2.21. The Morgan fingerprint density at radius 2 is 2.15 bits per heavy atom. The van der Waals surface area contributed by atoms with E-state index in [4.69, 9.17) is 4.74 Å². The first-order chi connectivity index (χ1) is 13.2. The van der Waals surface area contributed by atoms with E-state index in [-0.39, 0.29) is 0 Å². The molecule has 0 bridgehead atoms. The lowest BCUT2D eigenvalue weighted by molar-refractivity contribution is 0.142. The molecule has 3 rings (SSSR count). The molecule has 1 unspecified atom stereocenters. The average Bonchev–Trinajstić information content (AvgIpc) is 3.14. The van der Waals surface area contributed by atoms with E-state index in [1.165, 1.54) is 37.1 Å². The van der Waals surface area contributed by atoms with E-state index in [0.29, 0.717) is 0 Å². The SMILES string of the molecule is CCn1cc(CN(C)CC2CCCN(CCc3ccccc3OC)C2)cn1. The summed E-state index contributed by atoms with van der Waals surface area (Å²) in [6.45, 7) is 8.74. The summed E-state index contributed by atoms with van der Waals surface area (Å²) in [4.78, 5) is 5.08. The number of aromatic nitrogens is 2. The number of likely N-dealkylation sites (tertiary alicyclic amines) is 1. The van der Waals surface area contributed by atoms with Crippen LogP contribution in [0, 0.1) is 5.92 Å². The second-order valence-electron chi connectivity index (χ2n) is 7.77. The molecule has 1 fully saturated rings.